The lowest BCUT2D eigenvalue weighted by atomic mass is 10.3. The number of rotatable bonds is 5. The van der Waals surface area contributed by atoms with Crippen molar-refractivity contribution in [3.63, 3.8) is 0 Å². The number of aryl methyl sites for hydroxylation is 1. The van der Waals surface area contributed by atoms with Crippen LogP contribution < -0.4 is 10.6 Å². The topological polar surface area (TPSA) is 58.2 Å². The molecule has 0 unspecified atom stereocenters. The third kappa shape index (κ3) is 4.78. The maximum absolute atomic E-state index is 11.8. The van der Waals surface area contributed by atoms with Gasteiger partial charge in [0.1, 0.15) is 0 Å². The van der Waals surface area contributed by atoms with Gasteiger partial charge in [-0.1, -0.05) is 0 Å². The molecule has 0 atom stereocenters. The summed E-state index contributed by atoms with van der Waals surface area (Å²) in [5, 5.41) is 5.51. The minimum atomic E-state index is -0.133. The van der Waals surface area contributed by atoms with Crippen LogP contribution in [-0.4, -0.2) is 24.4 Å². The molecule has 4 nitrogen and oxygen atoms in total. The standard InChI is InChI=1S/C12H17BrN2O2S/c1-7(2)15-10(16)4-5-14-12(17)9-6-8(3)11(13)18-9/h6-7H,4-5H2,1-3H3,(H,14,17)(H,15,16). The summed E-state index contributed by atoms with van der Waals surface area (Å²) in [5.41, 5.74) is 1.04. The Kier molecular flexibility index (Phi) is 5.81. The van der Waals surface area contributed by atoms with Crippen LogP contribution in [0.4, 0.5) is 0 Å². The van der Waals surface area contributed by atoms with E-state index in [0.717, 1.165) is 9.35 Å². The van der Waals surface area contributed by atoms with Gasteiger partial charge in [0.05, 0.1) is 8.66 Å². The molecular weight excluding hydrogens is 316 g/mol. The minimum Gasteiger partial charge on any atom is -0.354 e. The lowest BCUT2D eigenvalue weighted by Crippen LogP contribution is -2.33. The number of hydrogen-bond donors (Lipinski definition) is 2. The number of amides is 2. The molecule has 0 aliphatic rings. The van der Waals surface area contributed by atoms with Gasteiger partial charge in [0.15, 0.2) is 0 Å². The Labute approximate surface area is 119 Å². The average Bonchev–Trinajstić information content (AvgIpc) is 2.58. The number of carbonyl (C=O) groups excluding carboxylic acids is 2. The zero-order valence-electron chi connectivity index (χ0n) is 10.7. The van der Waals surface area contributed by atoms with Crippen molar-refractivity contribution >= 4 is 39.1 Å². The third-order valence-corrected chi connectivity index (χ3v) is 4.30. The molecule has 2 N–H and O–H groups in total. The molecule has 0 fully saturated rings. The highest BCUT2D eigenvalue weighted by atomic mass is 79.9. The van der Waals surface area contributed by atoms with E-state index in [9.17, 15) is 9.59 Å². The second-order valence-electron chi connectivity index (χ2n) is 4.30. The fraction of sp³-hybridized carbons (Fsp3) is 0.500. The van der Waals surface area contributed by atoms with Crippen LogP contribution in [0.2, 0.25) is 0 Å². The summed E-state index contributed by atoms with van der Waals surface area (Å²) in [7, 11) is 0. The number of halogens is 1. The first-order valence-corrected chi connectivity index (χ1v) is 7.34. The Morgan fingerprint density at radius 1 is 1.44 bits per heavy atom. The number of nitrogens with one attached hydrogen (secondary N) is 2. The molecule has 18 heavy (non-hydrogen) atoms. The van der Waals surface area contributed by atoms with Crippen LogP contribution in [0.15, 0.2) is 9.85 Å². The van der Waals surface area contributed by atoms with Gasteiger partial charge >= 0.3 is 0 Å². The highest BCUT2D eigenvalue weighted by Crippen LogP contribution is 2.27. The van der Waals surface area contributed by atoms with E-state index < -0.39 is 0 Å². The second kappa shape index (κ2) is 6.89. The van der Waals surface area contributed by atoms with Crippen LogP contribution >= 0.6 is 27.3 Å². The van der Waals surface area contributed by atoms with Crippen molar-refractivity contribution in [3.8, 4) is 0 Å². The maximum atomic E-state index is 11.8. The van der Waals surface area contributed by atoms with Gasteiger partial charge in [-0.2, -0.15) is 0 Å². The predicted octanol–water partition coefficient (Wildman–Crippen LogP) is 2.46. The average molecular weight is 333 g/mol. The molecule has 0 saturated heterocycles. The van der Waals surface area contributed by atoms with Crippen LogP contribution in [-0.2, 0) is 4.79 Å². The van der Waals surface area contributed by atoms with Crippen molar-refractivity contribution in [1.29, 1.82) is 0 Å². The molecule has 1 heterocycles. The summed E-state index contributed by atoms with van der Waals surface area (Å²) in [6, 6.07) is 1.96. The van der Waals surface area contributed by atoms with E-state index in [-0.39, 0.29) is 17.9 Å². The SMILES string of the molecule is Cc1cc(C(=O)NCCC(=O)NC(C)C)sc1Br. The number of hydrogen-bond acceptors (Lipinski definition) is 3. The molecule has 6 heteroatoms. The van der Waals surface area contributed by atoms with Crippen LogP contribution in [0, 0.1) is 6.92 Å². The van der Waals surface area contributed by atoms with Crippen LogP contribution in [0.5, 0.6) is 0 Å². The van der Waals surface area contributed by atoms with Gasteiger partial charge in [-0.05, 0) is 48.3 Å². The quantitative estimate of drug-likeness (QED) is 0.870. The Hall–Kier alpha value is -0.880. The van der Waals surface area contributed by atoms with Crippen LogP contribution in [0.3, 0.4) is 0 Å². The Bertz CT molecular complexity index is 424. The lowest BCUT2D eigenvalue weighted by Gasteiger charge is -2.08. The van der Waals surface area contributed by atoms with E-state index in [1.54, 1.807) is 0 Å². The van der Waals surface area contributed by atoms with Gasteiger partial charge in [0.25, 0.3) is 5.91 Å². The predicted molar refractivity (Wildman–Crippen MR) is 77.0 cm³/mol. The smallest absolute Gasteiger partial charge is 0.261 e. The minimum absolute atomic E-state index is 0.0474. The maximum Gasteiger partial charge on any atom is 0.261 e. The fourth-order valence-corrected chi connectivity index (χ4v) is 2.79. The highest BCUT2D eigenvalue weighted by Gasteiger charge is 2.11. The van der Waals surface area contributed by atoms with Gasteiger partial charge in [-0.15, -0.1) is 11.3 Å². The Morgan fingerprint density at radius 3 is 2.61 bits per heavy atom. The summed E-state index contributed by atoms with van der Waals surface area (Å²) in [6.07, 6.45) is 0.301. The first-order chi connectivity index (χ1) is 8.40. The van der Waals surface area contributed by atoms with E-state index in [4.69, 9.17) is 0 Å². The van der Waals surface area contributed by atoms with Crippen molar-refractivity contribution in [2.75, 3.05) is 6.54 Å². The largest absolute Gasteiger partial charge is 0.354 e. The van der Waals surface area contributed by atoms with Gasteiger partial charge in [0.2, 0.25) is 5.91 Å². The molecule has 1 rings (SSSR count). The molecule has 0 bridgehead atoms. The molecule has 0 spiro atoms. The van der Waals surface area contributed by atoms with E-state index in [0.29, 0.717) is 17.8 Å². The molecule has 2 amide bonds. The van der Waals surface area contributed by atoms with Crippen LogP contribution in [0.1, 0.15) is 35.5 Å². The van der Waals surface area contributed by atoms with Gasteiger partial charge in [0, 0.05) is 19.0 Å². The van der Waals surface area contributed by atoms with Gasteiger partial charge in [-0.25, -0.2) is 0 Å². The molecule has 100 valence electrons. The molecule has 1 aromatic heterocycles. The van der Waals surface area contributed by atoms with Crippen molar-refractivity contribution < 1.29 is 9.59 Å². The molecule has 1 aromatic rings. The number of thiophene rings is 1. The van der Waals surface area contributed by atoms with E-state index >= 15 is 0 Å². The molecule has 0 aliphatic carbocycles. The van der Waals surface area contributed by atoms with E-state index in [1.807, 2.05) is 26.8 Å². The summed E-state index contributed by atoms with van der Waals surface area (Å²) >= 11 is 4.77. The van der Waals surface area contributed by atoms with Crippen molar-refractivity contribution in [2.45, 2.75) is 33.2 Å². The summed E-state index contributed by atoms with van der Waals surface area (Å²) in [6.45, 7) is 6.10. The fourth-order valence-electron chi connectivity index (χ4n) is 1.34. The van der Waals surface area contributed by atoms with Gasteiger partial charge < -0.3 is 10.6 Å². The molecule has 0 aromatic carbocycles. The van der Waals surface area contributed by atoms with Gasteiger partial charge in [-0.3, -0.25) is 9.59 Å². The summed E-state index contributed by atoms with van der Waals surface area (Å²) in [5.74, 6) is -0.181. The summed E-state index contributed by atoms with van der Waals surface area (Å²) in [4.78, 5) is 23.8. The van der Waals surface area contributed by atoms with Crippen LogP contribution in [0.25, 0.3) is 0 Å². The first-order valence-electron chi connectivity index (χ1n) is 5.73. The zero-order chi connectivity index (χ0) is 13.7. The highest BCUT2D eigenvalue weighted by molar-refractivity contribution is 9.11. The molecule has 0 radical (unpaired) electrons. The third-order valence-electron chi connectivity index (χ3n) is 2.17. The Morgan fingerprint density at radius 2 is 2.11 bits per heavy atom. The normalized spacial score (nSPS) is 10.5. The van der Waals surface area contributed by atoms with Crippen molar-refractivity contribution in [1.82, 2.24) is 10.6 Å². The zero-order valence-corrected chi connectivity index (χ0v) is 13.1. The van der Waals surface area contributed by atoms with E-state index in [1.165, 1.54) is 11.3 Å². The molecular formula is C12H17BrN2O2S. The lowest BCUT2D eigenvalue weighted by molar-refractivity contribution is -0.121. The molecule has 0 saturated carbocycles. The molecule has 0 aliphatic heterocycles. The number of carbonyl (C=O) groups is 2. The first kappa shape index (κ1) is 15.2. The van der Waals surface area contributed by atoms with Crippen molar-refractivity contribution in [2.24, 2.45) is 0 Å². The second-order valence-corrected chi connectivity index (χ2v) is 6.67. The van der Waals surface area contributed by atoms with Crippen molar-refractivity contribution in [3.05, 3.63) is 20.3 Å². The Balaban J connectivity index is 2.36. The van der Waals surface area contributed by atoms with E-state index in [2.05, 4.69) is 26.6 Å². The summed E-state index contributed by atoms with van der Waals surface area (Å²) < 4.78 is 0.963. The monoisotopic (exact) mass is 332 g/mol.